The van der Waals surface area contributed by atoms with E-state index in [9.17, 15) is 0 Å². The molecule has 76 valence electrons. The van der Waals surface area contributed by atoms with Gasteiger partial charge in [-0.05, 0) is 66.2 Å². The molecule has 1 nitrogen and oxygen atoms in total. The molecule has 14 heavy (non-hydrogen) atoms. The molecule has 0 saturated carbocycles. The first-order chi connectivity index (χ1) is 6.75. The van der Waals surface area contributed by atoms with Crippen LogP contribution in [0.5, 0.6) is 0 Å². The highest BCUT2D eigenvalue weighted by Crippen LogP contribution is 2.21. The maximum absolute atomic E-state index is 5.98. The molecule has 0 atom stereocenters. The Morgan fingerprint density at radius 3 is 2.64 bits per heavy atom. The predicted octanol–water partition coefficient (Wildman–Crippen LogP) is 3.54. The zero-order valence-electron chi connectivity index (χ0n) is 7.97. The van der Waals surface area contributed by atoms with Crippen LogP contribution in [0.1, 0.15) is 18.4 Å². The van der Waals surface area contributed by atoms with Crippen molar-refractivity contribution < 1.29 is 0 Å². The summed E-state index contributed by atoms with van der Waals surface area (Å²) in [5.41, 5.74) is 1.38. The Bertz CT molecular complexity index is 321. The summed E-state index contributed by atoms with van der Waals surface area (Å²) in [4.78, 5) is 2.50. The van der Waals surface area contributed by atoms with E-state index in [0.717, 1.165) is 15.1 Å². The highest BCUT2D eigenvalue weighted by molar-refractivity contribution is 14.1. The van der Waals surface area contributed by atoms with E-state index >= 15 is 0 Å². The van der Waals surface area contributed by atoms with Crippen molar-refractivity contribution in [3.8, 4) is 0 Å². The number of nitrogens with zero attached hydrogens (tertiary/aromatic N) is 1. The molecule has 0 N–H and O–H groups in total. The molecule has 0 aliphatic carbocycles. The fourth-order valence-corrected chi connectivity index (χ4v) is 2.53. The van der Waals surface area contributed by atoms with E-state index in [2.05, 4.69) is 39.6 Å². The van der Waals surface area contributed by atoms with Gasteiger partial charge in [0.05, 0.1) is 5.02 Å². The smallest absolute Gasteiger partial charge is 0.0539 e. The Kier molecular flexibility index (Phi) is 3.68. The van der Waals surface area contributed by atoms with Crippen molar-refractivity contribution in [1.82, 2.24) is 4.90 Å². The van der Waals surface area contributed by atoms with E-state index in [4.69, 9.17) is 11.6 Å². The van der Waals surface area contributed by atoms with E-state index in [-0.39, 0.29) is 0 Å². The van der Waals surface area contributed by atoms with E-state index in [1.54, 1.807) is 0 Å². The Morgan fingerprint density at radius 2 is 2.00 bits per heavy atom. The second-order valence-corrected chi connectivity index (χ2v) is 5.30. The average Bonchev–Trinajstić information content (AvgIpc) is 2.64. The van der Waals surface area contributed by atoms with Gasteiger partial charge < -0.3 is 0 Å². The van der Waals surface area contributed by atoms with Crippen LogP contribution in [0.2, 0.25) is 5.02 Å². The van der Waals surface area contributed by atoms with E-state index in [0.29, 0.717) is 0 Å². The fraction of sp³-hybridized carbons (Fsp3) is 0.455. The zero-order chi connectivity index (χ0) is 9.97. The monoisotopic (exact) mass is 321 g/mol. The molecule has 1 fully saturated rings. The molecule has 3 heteroatoms. The van der Waals surface area contributed by atoms with Gasteiger partial charge in [0.15, 0.2) is 0 Å². The first-order valence-electron chi connectivity index (χ1n) is 4.92. The summed E-state index contributed by atoms with van der Waals surface area (Å²) in [7, 11) is 0. The zero-order valence-corrected chi connectivity index (χ0v) is 10.9. The number of hydrogen-bond acceptors (Lipinski definition) is 1. The normalized spacial score (nSPS) is 17.6. The lowest BCUT2D eigenvalue weighted by atomic mass is 10.2. The van der Waals surface area contributed by atoms with Gasteiger partial charge >= 0.3 is 0 Å². The van der Waals surface area contributed by atoms with Gasteiger partial charge in [-0.25, -0.2) is 0 Å². The van der Waals surface area contributed by atoms with Crippen molar-refractivity contribution in [3.05, 3.63) is 32.4 Å². The van der Waals surface area contributed by atoms with Gasteiger partial charge in [0.25, 0.3) is 0 Å². The topological polar surface area (TPSA) is 3.24 Å². The Hall–Kier alpha value is 0.200. The molecule has 2 rings (SSSR count). The minimum atomic E-state index is 0.857. The van der Waals surface area contributed by atoms with E-state index in [1.807, 2.05) is 6.07 Å². The SMILES string of the molecule is Clc1ccc(CN2CCCC2)cc1I. The summed E-state index contributed by atoms with van der Waals surface area (Å²) < 4.78 is 1.15. The number of benzene rings is 1. The van der Waals surface area contributed by atoms with E-state index in [1.165, 1.54) is 31.5 Å². The molecular formula is C11H13ClIN. The maximum atomic E-state index is 5.98. The minimum Gasteiger partial charge on any atom is -0.299 e. The third-order valence-corrected chi connectivity index (χ3v) is 4.13. The van der Waals surface area contributed by atoms with Crippen LogP contribution in [-0.4, -0.2) is 18.0 Å². The summed E-state index contributed by atoms with van der Waals surface area (Å²) in [5, 5.41) is 0.857. The van der Waals surface area contributed by atoms with Crippen LogP contribution < -0.4 is 0 Å². The van der Waals surface area contributed by atoms with Crippen molar-refractivity contribution in [2.24, 2.45) is 0 Å². The van der Waals surface area contributed by atoms with Crippen LogP contribution >= 0.6 is 34.2 Å². The average molecular weight is 322 g/mol. The van der Waals surface area contributed by atoms with E-state index < -0.39 is 0 Å². The van der Waals surface area contributed by atoms with Crippen LogP contribution in [0.4, 0.5) is 0 Å². The third kappa shape index (κ3) is 2.61. The molecule has 1 aromatic carbocycles. The maximum Gasteiger partial charge on any atom is 0.0539 e. The Morgan fingerprint density at radius 1 is 1.29 bits per heavy atom. The van der Waals surface area contributed by atoms with Gasteiger partial charge in [-0.3, -0.25) is 4.90 Å². The summed E-state index contributed by atoms with van der Waals surface area (Å²) in [5.74, 6) is 0. The van der Waals surface area contributed by atoms with Gasteiger partial charge in [0.2, 0.25) is 0 Å². The summed E-state index contributed by atoms with van der Waals surface area (Å²) in [6.07, 6.45) is 2.70. The minimum absolute atomic E-state index is 0.857. The van der Waals surface area contributed by atoms with Crippen molar-refractivity contribution in [1.29, 1.82) is 0 Å². The molecule has 1 aromatic rings. The Balaban J connectivity index is 2.05. The number of hydrogen-bond donors (Lipinski definition) is 0. The molecule has 0 radical (unpaired) electrons. The summed E-state index contributed by atoms with van der Waals surface area (Å²) in [6, 6.07) is 6.30. The standard InChI is InChI=1S/C11H13ClIN/c12-10-4-3-9(7-11(10)13)8-14-5-1-2-6-14/h3-4,7H,1-2,5-6,8H2. The summed E-state index contributed by atoms with van der Waals surface area (Å²) in [6.45, 7) is 3.57. The molecule has 1 aliphatic rings. The van der Waals surface area contributed by atoms with Crippen LogP contribution in [0.25, 0.3) is 0 Å². The van der Waals surface area contributed by atoms with Crippen molar-refractivity contribution in [3.63, 3.8) is 0 Å². The lowest BCUT2D eigenvalue weighted by Crippen LogP contribution is -2.18. The highest BCUT2D eigenvalue weighted by Gasteiger charge is 2.11. The molecule has 1 heterocycles. The van der Waals surface area contributed by atoms with Gasteiger partial charge in [-0.15, -0.1) is 0 Å². The lowest BCUT2D eigenvalue weighted by Gasteiger charge is -2.14. The molecule has 0 spiro atoms. The van der Waals surface area contributed by atoms with Gasteiger partial charge in [-0.2, -0.15) is 0 Å². The number of likely N-dealkylation sites (tertiary alicyclic amines) is 1. The van der Waals surface area contributed by atoms with Crippen molar-refractivity contribution in [2.45, 2.75) is 19.4 Å². The fourth-order valence-electron chi connectivity index (χ4n) is 1.84. The number of halogens is 2. The van der Waals surface area contributed by atoms with Crippen LogP contribution in [0.3, 0.4) is 0 Å². The third-order valence-electron chi connectivity index (χ3n) is 2.59. The lowest BCUT2D eigenvalue weighted by molar-refractivity contribution is 0.331. The second kappa shape index (κ2) is 4.81. The molecule has 0 unspecified atom stereocenters. The second-order valence-electron chi connectivity index (χ2n) is 3.73. The van der Waals surface area contributed by atoms with Gasteiger partial charge in [-0.1, -0.05) is 17.7 Å². The van der Waals surface area contributed by atoms with Crippen molar-refractivity contribution in [2.75, 3.05) is 13.1 Å². The van der Waals surface area contributed by atoms with Gasteiger partial charge in [0.1, 0.15) is 0 Å². The van der Waals surface area contributed by atoms with Crippen LogP contribution in [0, 0.1) is 3.57 Å². The predicted molar refractivity (Wildman–Crippen MR) is 68.7 cm³/mol. The molecule has 0 amide bonds. The first kappa shape index (κ1) is 10.7. The molecule has 1 aliphatic heterocycles. The largest absolute Gasteiger partial charge is 0.299 e. The quantitative estimate of drug-likeness (QED) is 0.753. The van der Waals surface area contributed by atoms with Crippen LogP contribution in [-0.2, 0) is 6.54 Å². The van der Waals surface area contributed by atoms with Gasteiger partial charge in [0, 0.05) is 10.1 Å². The summed E-state index contributed by atoms with van der Waals surface area (Å²) >= 11 is 8.26. The van der Waals surface area contributed by atoms with Crippen molar-refractivity contribution >= 4 is 34.2 Å². The molecule has 1 saturated heterocycles. The number of rotatable bonds is 2. The highest BCUT2D eigenvalue weighted by atomic mass is 127. The molecule has 0 aromatic heterocycles. The molecular weight excluding hydrogens is 308 g/mol. The first-order valence-corrected chi connectivity index (χ1v) is 6.37. The molecule has 0 bridgehead atoms. The Labute approximate surface area is 104 Å². The van der Waals surface area contributed by atoms with Crippen LogP contribution in [0.15, 0.2) is 18.2 Å².